The lowest BCUT2D eigenvalue weighted by Crippen LogP contribution is -2.31. The summed E-state index contributed by atoms with van der Waals surface area (Å²) in [6.45, 7) is 5.53. The molecule has 0 atom stereocenters. The van der Waals surface area contributed by atoms with Gasteiger partial charge in [0.25, 0.3) is 0 Å². The molecule has 1 saturated heterocycles. The maximum absolute atomic E-state index is 12.2. The van der Waals surface area contributed by atoms with Gasteiger partial charge < -0.3 is 4.90 Å². The zero-order chi connectivity index (χ0) is 14.2. The number of thiophene rings is 1. The Morgan fingerprint density at radius 3 is 2.75 bits per heavy atom. The summed E-state index contributed by atoms with van der Waals surface area (Å²) in [4.78, 5) is 17.0. The number of aryl methyl sites for hydroxylation is 1. The van der Waals surface area contributed by atoms with Gasteiger partial charge in [-0.05, 0) is 50.9 Å². The Bertz CT molecular complexity index is 407. The zero-order valence-corrected chi connectivity index (χ0v) is 13.5. The highest BCUT2D eigenvalue weighted by atomic mass is 32.1. The van der Waals surface area contributed by atoms with E-state index in [9.17, 15) is 4.79 Å². The van der Waals surface area contributed by atoms with E-state index in [1.165, 1.54) is 56.5 Å². The van der Waals surface area contributed by atoms with E-state index in [0.29, 0.717) is 12.2 Å². The molecule has 0 spiro atoms. The van der Waals surface area contributed by atoms with Crippen LogP contribution in [0, 0.1) is 0 Å². The Kier molecular flexibility index (Phi) is 6.74. The van der Waals surface area contributed by atoms with E-state index in [1.807, 2.05) is 6.07 Å². The van der Waals surface area contributed by atoms with Crippen molar-refractivity contribution in [2.45, 2.75) is 58.3 Å². The number of nitrogens with zero attached hydrogens (tertiary/aromatic N) is 1. The van der Waals surface area contributed by atoms with Gasteiger partial charge in [0.1, 0.15) is 0 Å². The van der Waals surface area contributed by atoms with Crippen LogP contribution >= 0.6 is 11.3 Å². The topological polar surface area (TPSA) is 20.3 Å². The maximum atomic E-state index is 12.2. The summed E-state index contributed by atoms with van der Waals surface area (Å²) in [5.41, 5.74) is 0. The molecule has 0 aromatic carbocycles. The monoisotopic (exact) mass is 293 g/mol. The largest absolute Gasteiger partial charge is 0.303 e. The van der Waals surface area contributed by atoms with Gasteiger partial charge >= 0.3 is 0 Å². The lowest BCUT2D eigenvalue weighted by atomic mass is 10.1. The third-order valence-corrected chi connectivity index (χ3v) is 5.25. The average molecular weight is 293 g/mol. The minimum atomic E-state index is 0.335. The summed E-state index contributed by atoms with van der Waals surface area (Å²) in [5, 5.41) is 0. The van der Waals surface area contributed by atoms with Gasteiger partial charge in [-0.25, -0.2) is 0 Å². The number of likely N-dealkylation sites (tertiary alicyclic amines) is 1. The molecule has 20 heavy (non-hydrogen) atoms. The summed E-state index contributed by atoms with van der Waals surface area (Å²) >= 11 is 1.71. The molecule has 2 heterocycles. The van der Waals surface area contributed by atoms with E-state index in [4.69, 9.17) is 0 Å². The number of unbranched alkanes of at least 4 members (excludes halogenated alkanes) is 2. The second kappa shape index (κ2) is 8.58. The molecule has 112 valence electrons. The van der Waals surface area contributed by atoms with E-state index in [2.05, 4.69) is 17.9 Å². The number of piperidine rings is 1. The van der Waals surface area contributed by atoms with Crippen molar-refractivity contribution in [1.29, 1.82) is 0 Å². The highest BCUT2D eigenvalue weighted by Crippen LogP contribution is 2.21. The van der Waals surface area contributed by atoms with Crippen LogP contribution in [0.15, 0.2) is 12.1 Å². The van der Waals surface area contributed by atoms with E-state index < -0.39 is 0 Å². The number of hydrogen-bond donors (Lipinski definition) is 0. The van der Waals surface area contributed by atoms with Gasteiger partial charge in [0.15, 0.2) is 5.78 Å². The molecule has 2 nitrogen and oxygen atoms in total. The molecule has 0 unspecified atom stereocenters. The summed E-state index contributed by atoms with van der Waals surface area (Å²) in [7, 11) is 0. The molecular formula is C17H27NOS. The van der Waals surface area contributed by atoms with Crippen LogP contribution in [0.2, 0.25) is 0 Å². The van der Waals surface area contributed by atoms with E-state index in [-0.39, 0.29) is 0 Å². The molecular weight excluding hydrogens is 266 g/mol. The molecule has 0 saturated carbocycles. The first kappa shape index (κ1) is 15.7. The van der Waals surface area contributed by atoms with Crippen molar-refractivity contribution in [3.05, 3.63) is 21.9 Å². The fraction of sp³-hybridized carbons (Fsp3) is 0.706. The normalized spacial score (nSPS) is 16.4. The van der Waals surface area contributed by atoms with Crippen LogP contribution in [-0.2, 0) is 6.42 Å². The van der Waals surface area contributed by atoms with E-state index in [1.54, 1.807) is 11.3 Å². The predicted octanol–water partition coefficient (Wildman–Crippen LogP) is 4.54. The molecule has 0 bridgehead atoms. The second-order valence-corrected chi connectivity index (χ2v) is 6.97. The van der Waals surface area contributed by atoms with Gasteiger partial charge in [0.05, 0.1) is 4.88 Å². The second-order valence-electron chi connectivity index (χ2n) is 5.80. The first-order chi connectivity index (χ1) is 9.79. The van der Waals surface area contributed by atoms with Crippen LogP contribution in [0.1, 0.15) is 66.4 Å². The van der Waals surface area contributed by atoms with Crippen molar-refractivity contribution in [2.24, 2.45) is 0 Å². The van der Waals surface area contributed by atoms with Crippen molar-refractivity contribution >= 4 is 17.1 Å². The Balaban J connectivity index is 1.74. The summed E-state index contributed by atoms with van der Waals surface area (Å²) < 4.78 is 0. The number of rotatable bonds is 8. The van der Waals surface area contributed by atoms with Crippen LogP contribution in [0.4, 0.5) is 0 Å². The lowest BCUT2D eigenvalue weighted by molar-refractivity contribution is 0.0962. The van der Waals surface area contributed by atoms with Crippen molar-refractivity contribution in [3.8, 4) is 0 Å². The van der Waals surface area contributed by atoms with Gasteiger partial charge in [-0.1, -0.05) is 26.2 Å². The molecule has 1 aliphatic heterocycles. The average Bonchev–Trinajstić information content (AvgIpc) is 2.95. The number of Topliss-reactive ketones (excluding diaryl/α,β-unsaturated/α-hetero) is 1. The van der Waals surface area contributed by atoms with Crippen LogP contribution in [0.5, 0.6) is 0 Å². The highest BCUT2D eigenvalue weighted by Gasteiger charge is 2.14. The number of hydrogen-bond acceptors (Lipinski definition) is 3. The maximum Gasteiger partial charge on any atom is 0.174 e. The number of carbonyl (C=O) groups is 1. The summed E-state index contributed by atoms with van der Waals surface area (Å²) in [6, 6.07) is 4.18. The number of carbonyl (C=O) groups excluding carboxylic acids is 1. The van der Waals surface area contributed by atoms with Gasteiger partial charge in [0.2, 0.25) is 0 Å². The van der Waals surface area contributed by atoms with Gasteiger partial charge in [-0.2, -0.15) is 0 Å². The molecule has 1 aliphatic rings. The fourth-order valence-corrected chi connectivity index (χ4v) is 3.79. The fourth-order valence-electron chi connectivity index (χ4n) is 2.78. The van der Waals surface area contributed by atoms with Crippen LogP contribution in [0.3, 0.4) is 0 Å². The molecule has 0 aliphatic carbocycles. The Labute approximate surface area is 127 Å². The SMILES string of the molecule is CCCCCc1ccc(C(=O)CCN2CCCCC2)s1. The van der Waals surface area contributed by atoms with Crippen molar-refractivity contribution in [1.82, 2.24) is 4.90 Å². The summed E-state index contributed by atoms with van der Waals surface area (Å²) in [5.74, 6) is 0.335. The van der Waals surface area contributed by atoms with E-state index >= 15 is 0 Å². The Morgan fingerprint density at radius 1 is 1.20 bits per heavy atom. The molecule has 1 aromatic heterocycles. The van der Waals surface area contributed by atoms with Crippen molar-refractivity contribution in [2.75, 3.05) is 19.6 Å². The third kappa shape index (κ3) is 5.02. The first-order valence-corrected chi connectivity index (χ1v) is 8.95. The summed E-state index contributed by atoms with van der Waals surface area (Å²) in [6.07, 6.45) is 9.58. The first-order valence-electron chi connectivity index (χ1n) is 8.14. The molecule has 0 amide bonds. The van der Waals surface area contributed by atoms with Gasteiger partial charge in [-0.15, -0.1) is 11.3 Å². The van der Waals surface area contributed by atoms with Crippen molar-refractivity contribution < 1.29 is 4.79 Å². The van der Waals surface area contributed by atoms with E-state index in [0.717, 1.165) is 17.8 Å². The Hall–Kier alpha value is -0.670. The molecule has 0 N–H and O–H groups in total. The molecule has 1 aromatic rings. The van der Waals surface area contributed by atoms with Crippen molar-refractivity contribution in [3.63, 3.8) is 0 Å². The third-order valence-electron chi connectivity index (χ3n) is 4.07. The molecule has 3 heteroatoms. The molecule has 1 fully saturated rings. The standard InChI is InChI=1S/C17H27NOS/c1-2-3-5-8-15-9-10-17(20-15)16(19)11-14-18-12-6-4-7-13-18/h9-10H,2-8,11-14H2,1H3. The van der Waals surface area contributed by atoms with Crippen LogP contribution < -0.4 is 0 Å². The highest BCUT2D eigenvalue weighted by molar-refractivity contribution is 7.14. The molecule has 2 rings (SSSR count). The zero-order valence-electron chi connectivity index (χ0n) is 12.7. The predicted molar refractivity (Wildman–Crippen MR) is 86.8 cm³/mol. The van der Waals surface area contributed by atoms with Gasteiger partial charge in [0, 0.05) is 17.8 Å². The number of ketones is 1. The smallest absolute Gasteiger partial charge is 0.174 e. The molecule has 0 radical (unpaired) electrons. The lowest BCUT2D eigenvalue weighted by Gasteiger charge is -2.25. The quantitative estimate of drug-likeness (QED) is 0.518. The van der Waals surface area contributed by atoms with Crippen LogP contribution in [0.25, 0.3) is 0 Å². The van der Waals surface area contributed by atoms with Gasteiger partial charge in [-0.3, -0.25) is 4.79 Å². The minimum Gasteiger partial charge on any atom is -0.303 e. The Morgan fingerprint density at radius 2 is 2.00 bits per heavy atom. The van der Waals surface area contributed by atoms with Crippen LogP contribution in [-0.4, -0.2) is 30.3 Å². The minimum absolute atomic E-state index is 0.335.